The number of carbonyl (C=O) groups is 1. The van der Waals surface area contributed by atoms with Crippen LogP contribution in [0.4, 0.5) is 17.5 Å². The minimum absolute atomic E-state index is 0.00490. The number of carbonyl (C=O) groups excluding carboxylic acids is 1. The van der Waals surface area contributed by atoms with Crippen LogP contribution in [0.15, 0.2) is 6.20 Å². The summed E-state index contributed by atoms with van der Waals surface area (Å²) in [5, 5.41) is 17.3. The predicted octanol–water partition coefficient (Wildman–Crippen LogP) is 1.74. The summed E-state index contributed by atoms with van der Waals surface area (Å²) in [6, 6.07) is 0.262. The Bertz CT molecular complexity index is 686. The number of rotatable bonds is 7. The van der Waals surface area contributed by atoms with Gasteiger partial charge >= 0.3 is 5.69 Å². The van der Waals surface area contributed by atoms with E-state index in [1.807, 2.05) is 4.90 Å². The smallest absolute Gasteiger partial charge is 0.329 e. The summed E-state index contributed by atoms with van der Waals surface area (Å²) in [4.78, 5) is 33.1. The van der Waals surface area contributed by atoms with Crippen molar-refractivity contribution in [1.29, 1.82) is 0 Å². The Balaban J connectivity index is 1.58. The Kier molecular flexibility index (Phi) is 6.96. The molecule has 4 N–H and O–H groups in total. The maximum atomic E-state index is 12.3. The third-order valence-corrected chi connectivity index (χ3v) is 5.52. The fourth-order valence-corrected chi connectivity index (χ4v) is 3.77. The molecule has 1 aliphatic heterocycles. The highest BCUT2D eigenvalue weighted by molar-refractivity contribution is 5.80. The molecule has 0 atom stereocenters. The molecule has 1 aromatic rings. The first-order valence-electron chi connectivity index (χ1n) is 10.1. The number of nitro groups is 1. The van der Waals surface area contributed by atoms with E-state index in [2.05, 4.69) is 20.6 Å². The van der Waals surface area contributed by atoms with Gasteiger partial charge in [-0.2, -0.15) is 4.98 Å². The van der Waals surface area contributed by atoms with Gasteiger partial charge < -0.3 is 21.3 Å². The number of amides is 1. The number of nitrogens with zero attached hydrogens (tertiary/aromatic N) is 4. The summed E-state index contributed by atoms with van der Waals surface area (Å²) in [6.07, 6.45) is 8.35. The Labute approximate surface area is 164 Å². The first-order valence-corrected chi connectivity index (χ1v) is 10.1. The summed E-state index contributed by atoms with van der Waals surface area (Å²) < 4.78 is 0. The minimum Gasteiger partial charge on any atom is -0.364 e. The molecular weight excluding hydrogens is 362 g/mol. The maximum absolute atomic E-state index is 12.3. The number of hydrogen-bond donors (Lipinski definition) is 3. The maximum Gasteiger partial charge on any atom is 0.329 e. The minimum atomic E-state index is -0.498. The second-order valence-electron chi connectivity index (χ2n) is 7.64. The zero-order chi connectivity index (χ0) is 19.9. The second kappa shape index (κ2) is 9.63. The largest absolute Gasteiger partial charge is 0.364 e. The van der Waals surface area contributed by atoms with Gasteiger partial charge in [0.15, 0.2) is 0 Å². The van der Waals surface area contributed by atoms with Crippen molar-refractivity contribution < 1.29 is 9.72 Å². The van der Waals surface area contributed by atoms with Crippen LogP contribution in [0.3, 0.4) is 0 Å². The summed E-state index contributed by atoms with van der Waals surface area (Å²) in [6.45, 7) is 2.24. The number of aromatic nitrogens is 2. The van der Waals surface area contributed by atoms with Crippen molar-refractivity contribution in [3.05, 3.63) is 16.3 Å². The molecule has 1 aromatic heterocycles. The van der Waals surface area contributed by atoms with Crippen LogP contribution in [0, 0.1) is 16.0 Å². The average Bonchev–Trinajstić information content (AvgIpc) is 2.72. The van der Waals surface area contributed by atoms with Crippen LogP contribution in [0.2, 0.25) is 0 Å². The number of piperidine rings is 1. The van der Waals surface area contributed by atoms with E-state index in [1.165, 1.54) is 6.20 Å². The number of nitrogens with one attached hydrogen (secondary N) is 2. The standard InChI is InChI=1S/C18H29N7O3/c19-14-6-4-13(5-7-14)10-20-17-15(25(27)28)11-21-18(23-17)22-12-16(26)24-8-2-1-3-9-24/h11,13-14H,1-10,12,19H2,(H2,20,21,22,23)/t13-,14-. The molecule has 28 heavy (non-hydrogen) atoms. The van der Waals surface area contributed by atoms with E-state index in [0.29, 0.717) is 12.5 Å². The van der Waals surface area contributed by atoms with Gasteiger partial charge in [0.2, 0.25) is 17.7 Å². The van der Waals surface area contributed by atoms with Gasteiger partial charge in [0.05, 0.1) is 11.5 Å². The van der Waals surface area contributed by atoms with Gasteiger partial charge in [0.25, 0.3) is 0 Å². The highest BCUT2D eigenvalue weighted by Crippen LogP contribution is 2.26. The van der Waals surface area contributed by atoms with Crippen molar-refractivity contribution in [2.45, 2.75) is 51.0 Å². The Morgan fingerprint density at radius 1 is 1.21 bits per heavy atom. The fourth-order valence-electron chi connectivity index (χ4n) is 3.77. The predicted molar refractivity (Wildman–Crippen MR) is 106 cm³/mol. The van der Waals surface area contributed by atoms with Crippen LogP contribution in [0.25, 0.3) is 0 Å². The molecule has 2 aliphatic rings. The lowest BCUT2D eigenvalue weighted by atomic mass is 9.86. The van der Waals surface area contributed by atoms with E-state index in [9.17, 15) is 14.9 Å². The van der Waals surface area contributed by atoms with E-state index in [4.69, 9.17) is 5.73 Å². The fraction of sp³-hybridized carbons (Fsp3) is 0.722. The molecule has 0 radical (unpaired) electrons. The zero-order valence-corrected chi connectivity index (χ0v) is 16.1. The lowest BCUT2D eigenvalue weighted by Gasteiger charge is -2.27. The molecule has 3 rings (SSSR count). The van der Waals surface area contributed by atoms with Crippen LogP contribution in [0.1, 0.15) is 44.9 Å². The van der Waals surface area contributed by atoms with E-state index < -0.39 is 4.92 Å². The molecule has 0 bridgehead atoms. The molecule has 0 aromatic carbocycles. The van der Waals surface area contributed by atoms with Crippen molar-refractivity contribution in [3.8, 4) is 0 Å². The number of hydrogen-bond acceptors (Lipinski definition) is 8. The summed E-state index contributed by atoms with van der Waals surface area (Å²) >= 11 is 0. The molecule has 1 amide bonds. The van der Waals surface area contributed by atoms with Crippen molar-refractivity contribution in [2.24, 2.45) is 11.7 Å². The summed E-state index contributed by atoms with van der Waals surface area (Å²) in [5.74, 6) is 0.813. The Morgan fingerprint density at radius 3 is 2.61 bits per heavy atom. The van der Waals surface area contributed by atoms with E-state index in [0.717, 1.165) is 58.0 Å². The lowest BCUT2D eigenvalue weighted by molar-refractivity contribution is -0.384. The highest BCUT2D eigenvalue weighted by atomic mass is 16.6. The van der Waals surface area contributed by atoms with Gasteiger partial charge in [-0.1, -0.05) is 0 Å². The molecule has 0 unspecified atom stereocenters. The van der Waals surface area contributed by atoms with Gasteiger partial charge in [-0.25, -0.2) is 4.98 Å². The molecular formula is C18H29N7O3. The molecule has 2 fully saturated rings. The Hall–Kier alpha value is -2.49. The number of nitrogens with two attached hydrogens (primary N) is 1. The topological polar surface area (TPSA) is 139 Å². The first-order chi connectivity index (χ1) is 13.5. The zero-order valence-electron chi connectivity index (χ0n) is 16.1. The third-order valence-electron chi connectivity index (χ3n) is 5.52. The first kappa shape index (κ1) is 20.2. The highest BCUT2D eigenvalue weighted by Gasteiger charge is 2.22. The van der Waals surface area contributed by atoms with Crippen molar-refractivity contribution in [3.63, 3.8) is 0 Å². The monoisotopic (exact) mass is 391 g/mol. The molecule has 10 heteroatoms. The average molecular weight is 391 g/mol. The molecule has 1 saturated carbocycles. The molecule has 154 valence electrons. The van der Waals surface area contributed by atoms with Gasteiger partial charge in [0.1, 0.15) is 6.20 Å². The van der Waals surface area contributed by atoms with Crippen LogP contribution >= 0.6 is 0 Å². The number of likely N-dealkylation sites (tertiary alicyclic amines) is 1. The van der Waals surface area contributed by atoms with Crippen LogP contribution < -0.4 is 16.4 Å². The summed E-state index contributed by atoms with van der Waals surface area (Å²) in [7, 11) is 0. The van der Waals surface area contributed by atoms with E-state index in [1.54, 1.807) is 0 Å². The molecule has 1 aliphatic carbocycles. The van der Waals surface area contributed by atoms with Crippen molar-refractivity contribution in [1.82, 2.24) is 14.9 Å². The third kappa shape index (κ3) is 5.51. The van der Waals surface area contributed by atoms with Crippen molar-refractivity contribution in [2.75, 3.05) is 36.8 Å². The SMILES string of the molecule is N[C@H]1CC[C@H](CNc2nc(NCC(=O)N3CCCCC3)ncc2[N+](=O)[O-])CC1. The van der Waals surface area contributed by atoms with Gasteiger partial charge in [-0.05, 0) is 50.9 Å². The van der Waals surface area contributed by atoms with E-state index >= 15 is 0 Å². The lowest BCUT2D eigenvalue weighted by Crippen LogP contribution is -2.39. The summed E-state index contributed by atoms with van der Waals surface area (Å²) in [5.41, 5.74) is 5.76. The van der Waals surface area contributed by atoms with Crippen LogP contribution in [-0.2, 0) is 4.79 Å². The second-order valence-corrected chi connectivity index (χ2v) is 7.64. The van der Waals surface area contributed by atoms with Gasteiger partial charge in [0, 0.05) is 25.7 Å². The van der Waals surface area contributed by atoms with Crippen LogP contribution in [0.5, 0.6) is 0 Å². The van der Waals surface area contributed by atoms with Gasteiger partial charge in [-0.3, -0.25) is 14.9 Å². The molecule has 10 nitrogen and oxygen atoms in total. The number of anilines is 2. The van der Waals surface area contributed by atoms with Crippen molar-refractivity contribution >= 4 is 23.4 Å². The molecule has 2 heterocycles. The molecule has 1 saturated heterocycles. The molecule has 0 spiro atoms. The quantitative estimate of drug-likeness (QED) is 0.472. The van der Waals surface area contributed by atoms with Crippen LogP contribution in [-0.4, -0.2) is 57.9 Å². The normalized spacial score (nSPS) is 22.5. The Morgan fingerprint density at radius 2 is 1.93 bits per heavy atom. The van der Waals surface area contributed by atoms with E-state index in [-0.39, 0.29) is 35.9 Å². The van der Waals surface area contributed by atoms with Gasteiger partial charge in [-0.15, -0.1) is 0 Å².